The molecule has 2 aromatic rings. The molecule has 0 saturated heterocycles. The van der Waals surface area contributed by atoms with Gasteiger partial charge in [-0.1, -0.05) is 42.5 Å². The number of hydrogen-bond donors (Lipinski definition) is 1. The Morgan fingerprint density at radius 2 is 1.79 bits per heavy atom. The van der Waals surface area contributed by atoms with Crippen molar-refractivity contribution in [1.82, 2.24) is 0 Å². The lowest BCUT2D eigenvalue weighted by Gasteiger charge is -2.05. The fraction of sp³-hybridized carbons (Fsp3) is 0.353. The average Bonchev–Trinajstić information content (AvgIpc) is 2.46. The zero-order valence-corrected chi connectivity index (χ0v) is 11.6. The molecule has 0 amide bonds. The maximum atomic E-state index is 12.3. The Morgan fingerprint density at radius 3 is 2.63 bits per heavy atom. The van der Waals surface area contributed by atoms with Crippen LogP contribution in [0.2, 0.25) is 0 Å². The molecule has 2 rings (SSSR count). The lowest BCUT2D eigenvalue weighted by molar-refractivity contribution is -0.627. The molecule has 0 aliphatic rings. The first-order chi connectivity index (χ1) is 9.33. The molecule has 0 unspecified atom stereocenters. The van der Waals surface area contributed by atoms with Crippen molar-refractivity contribution in [3.05, 3.63) is 48.0 Å². The topological polar surface area (TPSA) is 33.7 Å². The van der Waals surface area contributed by atoms with E-state index < -0.39 is 0 Å². The van der Waals surface area contributed by atoms with Crippen molar-refractivity contribution in [2.24, 2.45) is 0 Å². The summed E-state index contributed by atoms with van der Waals surface area (Å²) in [5, 5.41) is 4.41. The second kappa shape index (κ2) is 7.05. The minimum absolute atomic E-state index is 0.275. The number of ketones is 1. The number of Topliss-reactive ketones (excluding diaryl/α,β-unsaturated/α-hetero) is 1. The lowest BCUT2D eigenvalue weighted by atomic mass is 9.98. The first kappa shape index (κ1) is 13.8. The first-order valence-electron chi connectivity index (χ1n) is 7.11. The normalized spacial score (nSPS) is 10.8. The predicted molar refractivity (Wildman–Crippen MR) is 79.5 cm³/mol. The molecule has 19 heavy (non-hydrogen) atoms. The second-order valence-corrected chi connectivity index (χ2v) is 4.96. The molecule has 0 atom stereocenters. The van der Waals surface area contributed by atoms with Gasteiger partial charge < -0.3 is 5.32 Å². The quantitative estimate of drug-likeness (QED) is 0.600. The Balaban J connectivity index is 2.01. The molecule has 2 aromatic carbocycles. The van der Waals surface area contributed by atoms with Crippen molar-refractivity contribution in [3.63, 3.8) is 0 Å². The molecular formula is C17H22NO+. The van der Waals surface area contributed by atoms with Crippen LogP contribution in [-0.2, 0) is 0 Å². The molecule has 0 saturated carbocycles. The molecule has 0 bridgehead atoms. The van der Waals surface area contributed by atoms with Gasteiger partial charge in [-0.15, -0.1) is 0 Å². The van der Waals surface area contributed by atoms with Crippen LogP contribution < -0.4 is 5.32 Å². The molecule has 0 heterocycles. The number of carbonyl (C=O) groups excluding carboxylic acids is 1. The fourth-order valence-corrected chi connectivity index (χ4v) is 2.41. The summed E-state index contributed by atoms with van der Waals surface area (Å²) in [6.07, 6.45) is 3.99. The van der Waals surface area contributed by atoms with Crippen molar-refractivity contribution in [3.8, 4) is 0 Å². The van der Waals surface area contributed by atoms with Crippen LogP contribution in [0.5, 0.6) is 0 Å². The zero-order chi connectivity index (χ0) is 13.5. The summed E-state index contributed by atoms with van der Waals surface area (Å²) >= 11 is 0. The summed E-state index contributed by atoms with van der Waals surface area (Å²) in [7, 11) is 2.08. The average molecular weight is 256 g/mol. The van der Waals surface area contributed by atoms with Crippen LogP contribution in [0.1, 0.15) is 36.0 Å². The van der Waals surface area contributed by atoms with Gasteiger partial charge in [-0.25, -0.2) is 0 Å². The Morgan fingerprint density at radius 1 is 1.00 bits per heavy atom. The highest BCUT2D eigenvalue weighted by atomic mass is 16.1. The number of quaternary nitrogens is 1. The summed E-state index contributed by atoms with van der Waals surface area (Å²) in [5.41, 5.74) is 0.875. The molecule has 0 aromatic heterocycles. The van der Waals surface area contributed by atoms with Gasteiger partial charge in [0, 0.05) is 12.0 Å². The van der Waals surface area contributed by atoms with E-state index in [1.807, 2.05) is 30.3 Å². The summed E-state index contributed by atoms with van der Waals surface area (Å²) in [6, 6.07) is 14.1. The third kappa shape index (κ3) is 3.65. The third-order valence-electron chi connectivity index (χ3n) is 3.49. The summed E-state index contributed by atoms with van der Waals surface area (Å²) in [4.78, 5) is 12.3. The lowest BCUT2D eigenvalue weighted by Crippen LogP contribution is -2.79. The van der Waals surface area contributed by atoms with Crippen LogP contribution in [0.25, 0.3) is 10.8 Å². The molecule has 0 fully saturated rings. The Bertz CT molecular complexity index is 542. The number of hydrogen-bond acceptors (Lipinski definition) is 1. The minimum atomic E-state index is 0.275. The maximum absolute atomic E-state index is 12.3. The van der Waals surface area contributed by atoms with Crippen molar-refractivity contribution >= 4 is 16.6 Å². The molecule has 0 spiro atoms. The van der Waals surface area contributed by atoms with Gasteiger partial charge in [-0.3, -0.25) is 4.79 Å². The Kier molecular flexibility index (Phi) is 5.10. The second-order valence-electron chi connectivity index (χ2n) is 4.96. The van der Waals surface area contributed by atoms with Crippen LogP contribution in [0, 0.1) is 0 Å². The molecule has 0 aliphatic carbocycles. The molecule has 0 radical (unpaired) electrons. The van der Waals surface area contributed by atoms with Crippen molar-refractivity contribution in [2.75, 3.05) is 13.6 Å². The number of rotatable bonds is 7. The summed E-state index contributed by atoms with van der Waals surface area (Å²) in [5.74, 6) is 0.275. The van der Waals surface area contributed by atoms with Gasteiger partial charge in [0.05, 0.1) is 13.6 Å². The van der Waals surface area contributed by atoms with Crippen molar-refractivity contribution < 1.29 is 10.1 Å². The number of fused-ring (bicyclic) bond motifs is 1. The van der Waals surface area contributed by atoms with E-state index in [2.05, 4.69) is 24.5 Å². The molecule has 2 heteroatoms. The van der Waals surface area contributed by atoms with Crippen LogP contribution in [0.15, 0.2) is 42.5 Å². The van der Waals surface area contributed by atoms with Gasteiger partial charge in [0.15, 0.2) is 5.78 Å². The van der Waals surface area contributed by atoms with Gasteiger partial charge in [0.25, 0.3) is 0 Å². The predicted octanol–water partition coefficient (Wildman–Crippen LogP) is 2.78. The van der Waals surface area contributed by atoms with E-state index in [-0.39, 0.29) is 5.78 Å². The molecule has 100 valence electrons. The minimum Gasteiger partial charge on any atom is -0.349 e. The highest BCUT2D eigenvalue weighted by molar-refractivity contribution is 6.08. The molecule has 2 N–H and O–H groups in total. The van der Waals surface area contributed by atoms with E-state index in [1.54, 1.807) is 0 Å². The van der Waals surface area contributed by atoms with Crippen molar-refractivity contribution in [2.45, 2.75) is 25.7 Å². The Hall–Kier alpha value is -1.67. The smallest absolute Gasteiger partial charge is 0.163 e. The monoisotopic (exact) mass is 256 g/mol. The number of carbonyl (C=O) groups is 1. The van der Waals surface area contributed by atoms with Crippen LogP contribution in [0.3, 0.4) is 0 Å². The highest BCUT2D eigenvalue weighted by Crippen LogP contribution is 2.20. The van der Waals surface area contributed by atoms with Crippen LogP contribution in [0.4, 0.5) is 0 Å². The van der Waals surface area contributed by atoms with E-state index >= 15 is 0 Å². The van der Waals surface area contributed by atoms with E-state index in [1.165, 1.54) is 6.42 Å². The first-order valence-corrected chi connectivity index (χ1v) is 7.11. The zero-order valence-electron chi connectivity index (χ0n) is 11.6. The number of unbranched alkanes of at least 4 members (excludes halogenated alkanes) is 2. The van der Waals surface area contributed by atoms with Gasteiger partial charge in [-0.05, 0) is 30.0 Å². The Labute approximate surface area is 114 Å². The van der Waals surface area contributed by atoms with Crippen LogP contribution >= 0.6 is 0 Å². The summed E-state index contributed by atoms with van der Waals surface area (Å²) < 4.78 is 0. The van der Waals surface area contributed by atoms with Gasteiger partial charge in [0.2, 0.25) is 0 Å². The van der Waals surface area contributed by atoms with E-state index in [0.717, 1.165) is 35.7 Å². The van der Waals surface area contributed by atoms with E-state index in [0.29, 0.717) is 6.42 Å². The third-order valence-corrected chi connectivity index (χ3v) is 3.49. The summed E-state index contributed by atoms with van der Waals surface area (Å²) in [6.45, 7) is 1.16. The molecule has 2 nitrogen and oxygen atoms in total. The van der Waals surface area contributed by atoms with E-state index in [9.17, 15) is 4.79 Å². The van der Waals surface area contributed by atoms with Gasteiger partial charge >= 0.3 is 0 Å². The maximum Gasteiger partial charge on any atom is 0.163 e. The SMILES string of the molecule is C[NH2+]CCCCCC(=O)c1cccc2ccccc12. The fourth-order valence-electron chi connectivity index (χ4n) is 2.41. The van der Waals surface area contributed by atoms with Crippen molar-refractivity contribution in [1.29, 1.82) is 0 Å². The van der Waals surface area contributed by atoms with Gasteiger partial charge in [-0.2, -0.15) is 0 Å². The number of benzene rings is 2. The molecule has 0 aliphatic heterocycles. The number of nitrogens with two attached hydrogens (primary N) is 1. The highest BCUT2D eigenvalue weighted by Gasteiger charge is 2.09. The molecular weight excluding hydrogens is 234 g/mol. The largest absolute Gasteiger partial charge is 0.349 e. The van der Waals surface area contributed by atoms with E-state index in [4.69, 9.17) is 0 Å². The van der Waals surface area contributed by atoms with Gasteiger partial charge in [0.1, 0.15) is 0 Å². The standard InChI is InChI=1S/C17H21NO/c1-18-13-6-2-3-12-17(19)16-11-7-9-14-8-4-5-10-15(14)16/h4-5,7-11,18H,2-3,6,12-13H2,1H3/p+1. The van der Waals surface area contributed by atoms with Crippen LogP contribution in [-0.4, -0.2) is 19.4 Å².